The standard InChI is InChI=1S/C37H62O7Si/c1-7-8-24-37(25-16-10-9-14-20-34(39)40)31(32(27-33(37)38)43-35-21-15-17-26-41-35)23-22-30(44-45(5,6)36(2,3)4)28-42-29-18-12-11-13-19-29/h10-13,16,18-19,30-33,35,38H,7-9,14-15,17,20-28H2,1-6H3,(H,39,40)/b16-10-/t30?,31-,32?,33-,35?,37+/m0/s1. The first-order valence-electron chi connectivity index (χ1n) is 17.6. The lowest BCUT2D eigenvalue weighted by molar-refractivity contribution is -0.199. The zero-order valence-electron chi connectivity index (χ0n) is 29.0. The van der Waals surface area contributed by atoms with Crippen LogP contribution in [0.3, 0.4) is 0 Å². The SMILES string of the molecule is CCCC[C@]1(C/C=C\CCCC(=O)O)[C@@H](O)CC(OC2CCCCO2)[C@@H]1CCC(COc1ccccc1)O[Si](C)(C)C(C)(C)C. The van der Waals surface area contributed by atoms with Crippen LogP contribution < -0.4 is 4.74 Å². The van der Waals surface area contributed by atoms with Crippen molar-refractivity contribution in [3.05, 3.63) is 42.5 Å². The molecule has 8 heteroatoms. The third-order valence-electron chi connectivity index (χ3n) is 10.4. The second-order valence-electron chi connectivity index (χ2n) is 14.8. The van der Waals surface area contributed by atoms with Gasteiger partial charge in [0.2, 0.25) is 0 Å². The van der Waals surface area contributed by atoms with E-state index >= 15 is 0 Å². The number of hydrogen-bond donors (Lipinski definition) is 2. The molecule has 1 heterocycles. The second-order valence-corrected chi connectivity index (χ2v) is 19.6. The first kappa shape index (κ1) is 37.7. The molecule has 0 amide bonds. The van der Waals surface area contributed by atoms with E-state index in [4.69, 9.17) is 23.7 Å². The minimum absolute atomic E-state index is 0.0713. The maximum Gasteiger partial charge on any atom is 0.303 e. The number of aliphatic carboxylic acids is 1. The molecule has 1 saturated heterocycles. The van der Waals surface area contributed by atoms with E-state index in [2.05, 4.69) is 52.9 Å². The predicted octanol–water partition coefficient (Wildman–Crippen LogP) is 8.91. The fourth-order valence-corrected chi connectivity index (χ4v) is 8.13. The predicted molar refractivity (Wildman–Crippen MR) is 183 cm³/mol. The first-order chi connectivity index (χ1) is 21.4. The summed E-state index contributed by atoms with van der Waals surface area (Å²) in [7, 11) is -2.08. The monoisotopic (exact) mass is 646 g/mol. The molecule has 2 fully saturated rings. The number of hydrogen-bond acceptors (Lipinski definition) is 6. The summed E-state index contributed by atoms with van der Waals surface area (Å²) in [4.78, 5) is 11.0. The van der Waals surface area contributed by atoms with Crippen molar-refractivity contribution < 1.29 is 33.6 Å². The Morgan fingerprint density at radius 2 is 1.91 bits per heavy atom. The Labute approximate surface area is 274 Å². The highest BCUT2D eigenvalue weighted by atomic mass is 28.4. The number of aliphatic hydroxyl groups excluding tert-OH is 1. The third kappa shape index (κ3) is 11.5. The zero-order valence-corrected chi connectivity index (χ0v) is 30.0. The van der Waals surface area contributed by atoms with Gasteiger partial charge < -0.3 is 28.8 Å². The summed E-state index contributed by atoms with van der Waals surface area (Å²) >= 11 is 0. The van der Waals surface area contributed by atoms with Gasteiger partial charge in [0.15, 0.2) is 14.6 Å². The Morgan fingerprint density at radius 1 is 1.16 bits per heavy atom. The minimum Gasteiger partial charge on any atom is -0.491 e. The van der Waals surface area contributed by atoms with Crippen molar-refractivity contribution in [2.24, 2.45) is 11.3 Å². The van der Waals surface area contributed by atoms with Gasteiger partial charge in [0, 0.05) is 24.9 Å². The Morgan fingerprint density at radius 3 is 2.56 bits per heavy atom. The van der Waals surface area contributed by atoms with E-state index in [1.807, 2.05) is 30.3 Å². The number of rotatable bonds is 19. The number of aliphatic hydroxyl groups is 1. The number of carbonyl (C=O) groups is 1. The van der Waals surface area contributed by atoms with Crippen molar-refractivity contribution in [2.45, 2.75) is 154 Å². The van der Waals surface area contributed by atoms with Gasteiger partial charge in [-0.3, -0.25) is 4.79 Å². The van der Waals surface area contributed by atoms with Gasteiger partial charge >= 0.3 is 5.97 Å². The van der Waals surface area contributed by atoms with Crippen LogP contribution in [0.4, 0.5) is 0 Å². The molecule has 45 heavy (non-hydrogen) atoms. The molecule has 0 radical (unpaired) electrons. The van der Waals surface area contributed by atoms with Crippen molar-refractivity contribution >= 4 is 14.3 Å². The van der Waals surface area contributed by atoms with Gasteiger partial charge in [-0.2, -0.15) is 0 Å². The van der Waals surface area contributed by atoms with Crippen LogP contribution in [0.1, 0.15) is 111 Å². The first-order valence-corrected chi connectivity index (χ1v) is 20.5. The van der Waals surface area contributed by atoms with Crippen LogP contribution in [-0.4, -0.2) is 62.3 Å². The van der Waals surface area contributed by atoms with E-state index in [0.717, 1.165) is 76.6 Å². The molecule has 1 saturated carbocycles. The Hall–Kier alpha value is -1.71. The quantitative estimate of drug-likeness (QED) is 0.0880. The highest BCUT2D eigenvalue weighted by Crippen LogP contribution is 2.54. The van der Waals surface area contributed by atoms with Crippen molar-refractivity contribution in [1.29, 1.82) is 0 Å². The summed E-state index contributed by atoms with van der Waals surface area (Å²) in [5.41, 5.74) is -0.319. The molecule has 7 nitrogen and oxygen atoms in total. The Balaban J connectivity index is 1.86. The Kier molecular flexibility index (Phi) is 15.1. The van der Waals surface area contributed by atoms with E-state index < -0.39 is 20.4 Å². The molecule has 6 atom stereocenters. The summed E-state index contributed by atoms with van der Waals surface area (Å²) in [6.07, 6.45) is 14.1. The molecule has 1 aliphatic heterocycles. The van der Waals surface area contributed by atoms with Gasteiger partial charge in [-0.1, -0.05) is 70.9 Å². The third-order valence-corrected chi connectivity index (χ3v) is 15.0. The molecule has 1 aromatic rings. The zero-order chi connectivity index (χ0) is 32.9. The lowest BCUT2D eigenvalue weighted by Crippen LogP contribution is -2.46. The van der Waals surface area contributed by atoms with Gasteiger partial charge in [-0.05, 0) is 94.0 Å². The summed E-state index contributed by atoms with van der Waals surface area (Å²) < 4.78 is 26.1. The number of carboxylic acids is 1. The maximum absolute atomic E-state index is 11.8. The lowest BCUT2D eigenvalue weighted by atomic mass is 9.68. The number of unbranched alkanes of at least 4 members (excludes halogenated alkanes) is 2. The summed E-state index contributed by atoms with van der Waals surface area (Å²) in [5, 5.41) is 20.9. The average Bonchev–Trinajstić information content (AvgIpc) is 3.24. The summed E-state index contributed by atoms with van der Waals surface area (Å²) in [6, 6.07) is 9.96. The smallest absolute Gasteiger partial charge is 0.303 e. The summed E-state index contributed by atoms with van der Waals surface area (Å²) in [6.45, 7) is 14.8. The molecule has 0 bridgehead atoms. The van der Waals surface area contributed by atoms with Gasteiger partial charge in [0.1, 0.15) is 12.4 Å². The van der Waals surface area contributed by atoms with Crippen molar-refractivity contribution in [3.8, 4) is 5.75 Å². The van der Waals surface area contributed by atoms with Gasteiger partial charge in [-0.25, -0.2) is 0 Å². The highest BCUT2D eigenvalue weighted by Gasteiger charge is 2.54. The minimum atomic E-state index is -2.08. The second kappa shape index (κ2) is 18.0. The number of ether oxygens (including phenoxy) is 3. The van der Waals surface area contributed by atoms with Crippen LogP contribution >= 0.6 is 0 Å². The largest absolute Gasteiger partial charge is 0.491 e. The topological polar surface area (TPSA) is 94.5 Å². The van der Waals surface area contributed by atoms with E-state index in [1.165, 1.54) is 0 Å². The maximum atomic E-state index is 11.8. The molecule has 2 aliphatic rings. The normalized spacial score (nSPS) is 26.7. The van der Waals surface area contributed by atoms with E-state index in [-0.39, 0.29) is 41.3 Å². The van der Waals surface area contributed by atoms with Crippen LogP contribution in [0.2, 0.25) is 18.1 Å². The number of benzene rings is 1. The highest BCUT2D eigenvalue weighted by molar-refractivity contribution is 6.74. The molecule has 1 aromatic carbocycles. The van der Waals surface area contributed by atoms with E-state index in [9.17, 15) is 9.90 Å². The molecular formula is C37H62O7Si. The van der Waals surface area contributed by atoms with E-state index in [0.29, 0.717) is 19.4 Å². The molecule has 3 unspecified atom stereocenters. The molecule has 3 rings (SSSR count). The molecule has 0 spiro atoms. The van der Waals surface area contributed by atoms with Crippen LogP contribution in [-0.2, 0) is 18.7 Å². The average molecular weight is 647 g/mol. The number of para-hydroxylation sites is 1. The van der Waals surface area contributed by atoms with Crippen LogP contribution in [0.5, 0.6) is 5.75 Å². The molecular weight excluding hydrogens is 584 g/mol. The van der Waals surface area contributed by atoms with E-state index in [1.54, 1.807) is 0 Å². The fourth-order valence-electron chi connectivity index (χ4n) is 6.75. The number of carboxylic acid groups (broad SMARTS) is 1. The molecule has 1 aliphatic carbocycles. The van der Waals surface area contributed by atoms with Crippen molar-refractivity contribution in [1.82, 2.24) is 0 Å². The van der Waals surface area contributed by atoms with Gasteiger partial charge in [0.25, 0.3) is 0 Å². The molecule has 0 aromatic heterocycles. The lowest BCUT2D eigenvalue weighted by Gasteiger charge is -2.42. The van der Waals surface area contributed by atoms with Gasteiger partial charge in [0.05, 0.1) is 18.3 Å². The van der Waals surface area contributed by atoms with Crippen LogP contribution in [0.15, 0.2) is 42.5 Å². The fraction of sp³-hybridized carbons (Fsp3) is 0.757. The molecule has 256 valence electrons. The summed E-state index contributed by atoms with van der Waals surface area (Å²) in [5.74, 6) is 0.221. The van der Waals surface area contributed by atoms with Crippen LogP contribution in [0.25, 0.3) is 0 Å². The molecule has 2 N–H and O–H groups in total. The van der Waals surface area contributed by atoms with Crippen LogP contribution in [0, 0.1) is 11.3 Å². The Bertz CT molecular complexity index is 1020. The number of allylic oxidation sites excluding steroid dienone is 2. The van der Waals surface area contributed by atoms with Crippen molar-refractivity contribution in [2.75, 3.05) is 13.2 Å². The van der Waals surface area contributed by atoms with Crippen molar-refractivity contribution in [3.63, 3.8) is 0 Å². The van der Waals surface area contributed by atoms with Gasteiger partial charge in [-0.15, -0.1) is 0 Å².